The quantitative estimate of drug-likeness (QED) is 0.387. The van der Waals surface area contributed by atoms with Gasteiger partial charge in [0.05, 0.1) is 13.2 Å². The van der Waals surface area contributed by atoms with Crippen molar-refractivity contribution in [1.29, 1.82) is 0 Å². The lowest BCUT2D eigenvalue weighted by molar-refractivity contribution is 0.120. The Morgan fingerprint density at radius 2 is 1.30 bits per heavy atom. The fourth-order valence-corrected chi connectivity index (χ4v) is 5.36. The topological polar surface area (TPSA) is 27.7 Å². The third kappa shape index (κ3) is 6.32. The summed E-state index contributed by atoms with van der Waals surface area (Å²) >= 11 is 0. The van der Waals surface area contributed by atoms with Crippen LogP contribution < -0.4 is 9.47 Å². The molecule has 0 saturated heterocycles. The van der Waals surface area contributed by atoms with Gasteiger partial charge in [0.2, 0.25) is 11.6 Å². The highest BCUT2D eigenvalue weighted by molar-refractivity contribution is 5.35. The first kappa shape index (κ1) is 23.3. The van der Waals surface area contributed by atoms with Crippen LogP contribution in [0.15, 0.2) is 12.1 Å². The minimum Gasteiger partial charge on any atom is -0.490 e. The fourth-order valence-electron chi connectivity index (χ4n) is 5.36. The van der Waals surface area contributed by atoms with Crippen LogP contribution in [0.1, 0.15) is 71.1 Å². The van der Waals surface area contributed by atoms with Gasteiger partial charge in [0.15, 0.2) is 11.5 Å². The summed E-state index contributed by atoms with van der Waals surface area (Å²) in [5, 5.41) is 0. The monoisotopic (exact) mass is 424 g/mol. The molecule has 0 aliphatic heterocycles. The Hall–Kier alpha value is -1.36. The van der Waals surface area contributed by atoms with Crippen molar-refractivity contribution < 1.29 is 23.0 Å². The van der Waals surface area contributed by atoms with Gasteiger partial charge in [0.1, 0.15) is 6.61 Å². The predicted molar refractivity (Wildman–Crippen MR) is 115 cm³/mol. The molecule has 30 heavy (non-hydrogen) atoms. The molecular weight excluding hydrogens is 386 g/mol. The number of hydrogen-bond donors (Lipinski definition) is 0. The van der Waals surface area contributed by atoms with Crippen LogP contribution in [0, 0.1) is 35.3 Å². The van der Waals surface area contributed by atoms with Gasteiger partial charge >= 0.3 is 0 Å². The molecule has 0 bridgehead atoms. The molecule has 2 fully saturated rings. The van der Waals surface area contributed by atoms with E-state index < -0.39 is 11.6 Å². The molecule has 2 aliphatic rings. The largest absolute Gasteiger partial charge is 0.490 e. The fraction of sp³-hybridized carbons (Fsp3) is 0.760. The van der Waals surface area contributed by atoms with Gasteiger partial charge in [-0.05, 0) is 74.3 Å². The van der Waals surface area contributed by atoms with Crippen molar-refractivity contribution in [3.05, 3.63) is 23.8 Å². The molecule has 0 heterocycles. The van der Waals surface area contributed by atoms with Crippen molar-refractivity contribution in [1.82, 2.24) is 0 Å². The average molecular weight is 425 g/mol. The van der Waals surface area contributed by atoms with Crippen LogP contribution in [0.3, 0.4) is 0 Å². The lowest BCUT2D eigenvalue weighted by atomic mass is 9.69. The number of halogens is 2. The lowest BCUT2D eigenvalue weighted by Gasteiger charge is -2.37. The maximum Gasteiger partial charge on any atom is 0.204 e. The Balaban J connectivity index is 1.41. The van der Waals surface area contributed by atoms with Crippen LogP contribution in [0.4, 0.5) is 8.78 Å². The van der Waals surface area contributed by atoms with E-state index in [0.29, 0.717) is 19.1 Å². The van der Waals surface area contributed by atoms with E-state index in [0.717, 1.165) is 30.6 Å². The van der Waals surface area contributed by atoms with Gasteiger partial charge < -0.3 is 14.2 Å². The highest BCUT2D eigenvalue weighted by Gasteiger charge is 2.31. The van der Waals surface area contributed by atoms with E-state index in [1.54, 1.807) is 0 Å². The number of methoxy groups -OCH3 is 1. The van der Waals surface area contributed by atoms with Crippen molar-refractivity contribution in [3.63, 3.8) is 0 Å². The van der Waals surface area contributed by atoms with Gasteiger partial charge in [-0.15, -0.1) is 0 Å². The average Bonchev–Trinajstić information content (AvgIpc) is 2.77. The molecule has 0 radical (unpaired) electrons. The molecule has 0 unspecified atom stereocenters. The van der Waals surface area contributed by atoms with Gasteiger partial charge in [0.25, 0.3) is 0 Å². The Bertz CT molecular complexity index is 636. The Morgan fingerprint density at radius 3 is 1.83 bits per heavy atom. The van der Waals surface area contributed by atoms with E-state index in [4.69, 9.17) is 14.2 Å². The first-order valence-electron chi connectivity index (χ1n) is 11.8. The summed E-state index contributed by atoms with van der Waals surface area (Å²) < 4.78 is 44.2. The van der Waals surface area contributed by atoms with E-state index in [-0.39, 0.29) is 18.1 Å². The van der Waals surface area contributed by atoms with Gasteiger partial charge in [-0.2, -0.15) is 8.78 Å². The molecular formula is C25H38F2O3. The van der Waals surface area contributed by atoms with Crippen molar-refractivity contribution in [2.24, 2.45) is 23.7 Å². The molecule has 0 amide bonds. The second-order valence-corrected chi connectivity index (χ2v) is 9.19. The summed E-state index contributed by atoms with van der Waals surface area (Å²) in [5.41, 5.74) is 0. The molecule has 3 rings (SSSR count). The van der Waals surface area contributed by atoms with Gasteiger partial charge in [-0.1, -0.05) is 32.6 Å². The number of ether oxygens (including phenoxy) is 3. The molecule has 0 N–H and O–H groups in total. The zero-order valence-corrected chi connectivity index (χ0v) is 18.6. The SMILES string of the molecule is CCCC1CCC(C2CCC(COc3ccc(OCCOC)c(F)c3F)CC2)CC1. The molecule has 170 valence electrons. The van der Waals surface area contributed by atoms with Crippen LogP contribution >= 0.6 is 0 Å². The van der Waals surface area contributed by atoms with Crippen LogP contribution in [-0.4, -0.2) is 26.9 Å². The summed E-state index contributed by atoms with van der Waals surface area (Å²) in [7, 11) is 1.53. The van der Waals surface area contributed by atoms with Crippen molar-refractivity contribution in [2.75, 3.05) is 26.9 Å². The summed E-state index contributed by atoms with van der Waals surface area (Å²) in [6.45, 7) is 3.25. The van der Waals surface area contributed by atoms with Crippen LogP contribution in [0.2, 0.25) is 0 Å². The van der Waals surface area contributed by atoms with E-state index in [1.165, 1.54) is 70.6 Å². The first-order chi connectivity index (χ1) is 14.6. The summed E-state index contributed by atoms with van der Waals surface area (Å²) in [6.07, 6.45) is 13.1. The normalized spacial score (nSPS) is 27.1. The molecule has 2 aliphatic carbocycles. The van der Waals surface area contributed by atoms with Crippen molar-refractivity contribution in [2.45, 2.75) is 71.1 Å². The minimum absolute atomic E-state index is 0.0250. The van der Waals surface area contributed by atoms with Gasteiger partial charge in [-0.3, -0.25) is 0 Å². The minimum atomic E-state index is -0.994. The zero-order valence-electron chi connectivity index (χ0n) is 18.6. The second-order valence-electron chi connectivity index (χ2n) is 9.19. The Kier molecular flexibility index (Phi) is 9.23. The molecule has 3 nitrogen and oxygen atoms in total. The molecule has 5 heteroatoms. The smallest absolute Gasteiger partial charge is 0.204 e. The lowest BCUT2D eigenvalue weighted by Crippen LogP contribution is -2.27. The molecule has 0 aromatic heterocycles. The van der Waals surface area contributed by atoms with E-state index in [1.807, 2.05) is 0 Å². The van der Waals surface area contributed by atoms with Crippen molar-refractivity contribution >= 4 is 0 Å². The third-order valence-corrected chi connectivity index (χ3v) is 7.18. The number of hydrogen-bond acceptors (Lipinski definition) is 3. The maximum atomic E-state index is 14.3. The zero-order chi connectivity index (χ0) is 21.3. The maximum absolute atomic E-state index is 14.3. The highest BCUT2D eigenvalue weighted by Crippen LogP contribution is 2.42. The Morgan fingerprint density at radius 1 is 0.767 bits per heavy atom. The van der Waals surface area contributed by atoms with E-state index in [9.17, 15) is 8.78 Å². The van der Waals surface area contributed by atoms with Crippen LogP contribution in [0.5, 0.6) is 11.5 Å². The molecule has 0 atom stereocenters. The summed E-state index contributed by atoms with van der Waals surface area (Å²) in [4.78, 5) is 0. The highest BCUT2D eigenvalue weighted by atomic mass is 19.2. The van der Waals surface area contributed by atoms with Crippen molar-refractivity contribution in [3.8, 4) is 11.5 Å². The number of rotatable bonds is 10. The molecule has 0 spiro atoms. The second kappa shape index (κ2) is 11.9. The standard InChI is InChI=1S/C25H38F2O3/c1-3-4-18-5-9-20(10-6-18)21-11-7-19(8-12-21)17-30-23-14-13-22(24(26)25(23)27)29-16-15-28-2/h13-14,18-21H,3-12,15-17H2,1-2H3. The van der Waals surface area contributed by atoms with E-state index in [2.05, 4.69) is 6.92 Å². The third-order valence-electron chi connectivity index (χ3n) is 7.18. The number of benzene rings is 1. The van der Waals surface area contributed by atoms with Gasteiger partial charge in [-0.25, -0.2) is 0 Å². The molecule has 2 saturated carbocycles. The van der Waals surface area contributed by atoms with Gasteiger partial charge in [0, 0.05) is 7.11 Å². The predicted octanol–water partition coefficient (Wildman–Crippen LogP) is 6.78. The summed E-state index contributed by atoms with van der Waals surface area (Å²) in [5.74, 6) is 1.04. The van der Waals surface area contributed by atoms with Crippen LogP contribution in [-0.2, 0) is 4.74 Å². The van der Waals surface area contributed by atoms with Crippen LogP contribution in [0.25, 0.3) is 0 Å². The summed E-state index contributed by atoms with van der Waals surface area (Å²) in [6, 6.07) is 2.89. The Labute approximate surface area is 180 Å². The molecule has 1 aromatic carbocycles. The van der Waals surface area contributed by atoms with E-state index >= 15 is 0 Å². The first-order valence-corrected chi connectivity index (χ1v) is 11.8. The molecule has 1 aromatic rings.